The molecular formula is C41H56BN4O10. The molecule has 0 aromatic heterocycles. The standard InChI is InChI=1S/C25H34N2O7.C15H18N2O3.CH4.B/c1-23(2,3)33-21(30)26-19(28)25(27(20(26)29)22(31)34-24(4,5)6)14-12-17(13-15-25)16-8-10-18(32-7)11-9-16;1-20-12-4-2-10(3-5-12)11-6-8-15(9-7-11)13(18)16-14(19)17-15;;/h8-11,17H,12-15H2,1-7H3;2-5,11H,6-9H2,1H3,(H2,16,17,18,19);1H4;. The normalized spacial score (nSPS) is 24.6. The SMILES string of the molecule is C.COc1ccc(C2CCC3(CC2)C(=O)N(C(=O)OC(C)(C)C)C(=O)N3C(=O)OC(C)(C)C)cc1.COc1ccc(C2CCC3(CC2)NC(=O)NC3=O)cc1.[B]. The van der Waals surface area contributed by atoms with E-state index in [4.69, 9.17) is 18.9 Å². The number of hydrogen-bond acceptors (Lipinski definition) is 10. The van der Waals surface area contributed by atoms with Crippen LogP contribution in [0.4, 0.5) is 19.2 Å². The first kappa shape index (κ1) is 45.3. The lowest BCUT2D eigenvalue weighted by Gasteiger charge is -2.40. The zero-order chi connectivity index (χ0) is 39.6. The molecule has 4 aliphatic rings. The topological polar surface area (TPSA) is 170 Å². The van der Waals surface area contributed by atoms with E-state index in [1.54, 1.807) is 55.8 Å². The van der Waals surface area contributed by atoms with Crippen molar-refractivity contribution in [3.8, 4) is 11.5 Å². The molecule has 3 radical (unpaired) electrons. The van der Waals surface area contributed by atoms with E-state index in [0.29, 0.717) is 36.5 Å². The van der Waals surface area contributed by atoms with E-state index in [2.05, 4.69) is 22.8 Å². The first-order valence-corrected chi connectivity index (χ1v) is 18.4. The van der Waals surface area contributed by atoms with Crippen molar-refractivity contribution in [2.24, 2.45) is 0 Å². The van der Waals surface area contributed by atoms with Gasteiger partial charge in [0.1, 0.15) is 33.8 Å². The Balaban J connectivity index is 0.000000326. The van der Waals surface area contributed by atoms with Crippen LogP contribution in [-0.2, 0) is 19.1 Å². The summed E-state index contributed by atoms with van der Waals surface area (Å²) in [6, 6.07) is 14.4. The molecule has 2 aliphatic heterocycles. The Bertz CT molecular complexity index is 1750. The van der Waals surface area contributed by atoms with Crippen LogP contribution in [0.3, 0.4) is 0 Å². The smallest absolute Gasteiger partial charge is 0.425 e. The zero-order valence-corrected chi connectivity index (χ0v) is 33.0. The molecule has 303 valence electrons. The van der Waals surface area contributed by atoms with Gasteiger partial charge in [0.05, 0.1) is 14.2 Å². The van der Waals surface area contributed by atoms with Crippen molar-refractivity contribution < 1.29 is 47.7 Å². The van der Waals surface area contributed by atoms with E-state index in [9.17, 15) is 28.8 Å². The lowest BCUT2D eigenvalue weighted by molar-refractivity contribution is -0.134. The molecule has 2 heterocycles. The van der Waals surface area contributed by atoms with Gasteiger partial charge in [0.25, 0.3) is 11.8 Å². The highest BCUT2D eigenvalue weighted by Crippen LogP contribution is 2.46. The largest absolute Gasteiger partial charge is 0.497 e. The molecule has 15 heteroatoms. The van der Waals surface area contributed by atoms with E-state index in [1.807, 2.05) is 36.4 Å². The maximum Gasteiger partial charge on any atom is 0.425 e. The molecule has 56 heavy (non-hydrogen) atoms. The summed E-state index contributed by atoms with van der Waals surface area (Å²) < 4.78 is 21.1. The number of benzene rings is 2. The van der Waals surface area contributed by atoms with Crippen molar-refractivity contribution in [2.75, 3.05) is 14.2 Å². The lowest BCUT2D eigenvalue weighted by atomic mass is 9.73. The van der Waals surface area contributed by atoms with Gasteiger partial charge in [-0.3, -0.25) is 14.9 Å². The van der Waals surface area contributed by atoms with Crippen LogP contribution in [0.1, 0.15) is 123 Å². The van der Waals surface area contributed by atoms with Crippen LogP contribution in [0.5, 0.6) is 11.5 Å². The number of methoxy groups -OCH3 is 2. The van der Waals surface area contributed by atoms with Gasteiger partial charge in [-0.05, 0) is 140 Å². The molecule has 2 spiro atoms. The fourth-order valence-electron chi connectivity index (χ4n) is 7.65. The van der Waals surface area contributed by atoms with Crippen LogP contribution in [0.15, 0.2) is 48.5 Å². The predicted octanol–water partition coefficient (Wildman–Crippen LogP) is 7.41. The van der Waals surface area contributed by atoms with Crippen molar-refractivity contribution in [1.29, 1.82) is 0 Å². The van der Waals surface area contributed by atoms with Gasteiger partial charge < -0.3 is 24.3 Å². The third kappa shape index (κ3) is 9.65. The number of nitrogens with one attached hydrogen (secondary N) is 2. The summed E-state index contributed by atoms with van der Waals surface area (Å²) in [5.74, 6) is 1.26. The molecule has 14 nitrogen and oxygen atoms in total. The Labute approximate surface area is 331 Å². The van der Waals surface area contributed by atoms with Crippen molar-refractivity contribution in [1.82, 2.24) is 20.4 Å². The average Bonchev–Trinajstić information content (AvgIpc) is 3.50. The molecular weight excluding hydrogens is 719 g/mol. The number of nitrogens with zero attached hydrogens (tertiary/aromatic N) is 2. The summed E-state index contributed by atoms with van der Waals surface area (Å²) in [5.41, 5.74) is -1.61. The summed E-state index contributed by atoms with van der Waals surface area (Å²) in [6.07, 6.45) is 2.69. The van der Waals surface area contributed by atoms with E-state index >= 15 is 0 Å². The van der Waals surface area contributed by atoms with Gasteiger partial charge in [-0.1, -0.05) is 31.7 Å². The summed E-state index contributed by atoms with van der Waals surface area (Å²) in [6.45, 7) is 9.93. The number of amides is 8. The predicted molar refractivity (Wildman–Crippen MR) is 210 cm³/mol. The molecule has 0 unspecified atom stereocenters. The monoisotopic (exact) mass is 775 g/mol. The van der Waals surface area contributed by atoms with Crippen LogP contribution in [0.25, 0.3) is 0 Å². The molecule has 2 saturated carbocycles. The van der Waals surface area contributed by atoms with Crippen molar-refractivity contribution >= 4 is 44.5 Å². The van der Waals surface area contributed by atoms with Crippen molar-refractivity contribution in [3.63, 3.8) is 0 Å². The quantitative estimate of drug-likeness (QED) is 0.236. The van der Waals surface area contributed by atoms with Gasteiger partial charge in [0.2, 0.25) is 0 Å². The lowest BCUT2D eigenvalue weighted by Crippen LogP contribution is -2.55. The number of hydrogen-bond donors (Lipinski definition) is 2. The highest BCUT2D eigenvalue weighted by atomic mass is 16.6. The van der Waals surface area contributed by atoms with Crippen molar-refractivity contribution in [3.05, 3.63) is 59.7 Å². The molecule has 8 amide bonds. The van der Waals surface area contributed by atoms with Gasteiger partial charge >= 0.3 is 24.2 Å². The second kappa shape index (κ2) is 17.4. The molecule has 4 fully saturated rings. The number of rotatable bonds is 4. The summed E-state index contributed by atoms with van der Waals surface area (Å²) in [7, 11) is 3.25. The minimum atomic E-state index is -1.49. The van der Waals surface area contributed by atoms with Crippen LogP contribution in [0, 0.1) is 0 Å². The van der Waals surface area contributed by atoms with Crippen LogP contribution >= 0.6 is 0 Å². The van der Waals surface area contributed by atoms with Crippen molar-refractivity contribution in [2.45, 2.75) is 134 Å². The molecule has 0 atom stereocenters. The van der Waals surface area contributed by atoms with Gasteiger partial charge in [-0.25, -0.2) is 24.1 Å². The molecule has 2 aromatic carbocycles. The summed E-state index contributed by atoms with van der Waals surface area (Å²) in [5, 5.41) is 5.13. The highest BCUT2D eigenvalue weighted by molar-refractivity contribution is 6.20. The van der Waals surface area contributed by atoms with Crippen LogP contribution in [0.2, 0.25) is 0 Å². The number of carbonyl (C=O) groups excluding carboxylic acids is 6. The third-order valence-corrected chi connectivity index (χ3v) is 10.4. The second-order valence-electron chi connectivity index (χ2n) is 16.3. The molecule has 2 aromatic rings. The number of ether oxygens (including phenoxy) is 4. The Morgan fingerprint density at radius 3 is 1.46 bits per heavy atom. The first-order chi connectivity index (χ1) is 25.3. The minimum absolute atomic E-state index is 0. The number of imide groups is 5. The zero-order valence-electron chi connectivity index (χ0n) is 33.0. The van der Waals surface area contributed by atoms with Crippen LogP contribution in [-0.4, -0.2) is 90.8 Å². The summed E-state index contributed by atoms with van der Waals surface area (Å²) in [4.78, 5) is 77.2. The van der Waals surface area contributed by atoms with E-state index < -0.39 is 46.4 Å². The summed E-state index contributed by atoms with van der Waals surface area (Å²) >= 11 is 0. The van der Waals surface area contributed by atoms with Gasteiger partial charge in [0, 0.05) is 8.41 Å². The Kier molecular flexibility index (Phi) is 14.1. The fourth-order valence-corrected chi connectivity index (χ4v) is 7.65. The molecule has 2 N–H and O–H groups in total. The second-order valence-corrected chi connectivity index (χ2v) is 16.3. The maximum atomic E-state index is 13.6. The number of urea groups is 2. The maximum absolute atomic E-state index is 13.6. The van der Waals surface area contributed by atoms with Gasteiger partial charge in [0.15, 0.2) is 0 Å². The van der Waals surface area contributed by atoms with Crippen LogP contribution < -0.4 is 20.1 Å². The Morgan fingerprint density at radius 2 is 1.09 bits per heavy atom. The van der Waals surface area contributed by atoms with Gasteiger partial charge in [-0.15, -0.1) is 0 Å². The molecule has 0 bridgehead atoms. The third-order valence-electron chi connectivity index (χ3n) is 10.4. The molecule has 6 rings (SSSR count). The average molecular weight is 776 g/mol. The fraction of sp³-hybridized carbons (Fsp3) is 0.561. The van der Waals surface area contributed by atoms with E-state index in [-0.39, 0.29) is 46.5 Å². The van der Waals surface area contributed by atoms with E-state index in [0.717, 1.165) is 34.8 Å². The van der Waals surface area contributed by atoms with E-state index in [1.165, 1.54) is 5.56 Å². The van der Waals surface area contributed by atoms with Gasteiger partial charge in [-0.2, -0.15) is 4.90 Å². The molecule has 2 aliphatic carbocycles. The first-order valence-electron chi connectivity index (χ1n) is 18.4. The highest BCUT2D eigenvalue weighted by Gasteiger charge is 2.64. The minimum Gasteiger partial charge on any atom is -0.497 e. The molecule has 2 saturated heterocycles. The Hall–Kier alpha value is -5.08. The number of carbonyl (C=O) groups is 6. The Morgan fingerprint density at radius 1 is 0.679 bits per heavy atom.